The van der Waals surface area contributed by atoms with Crippen LogP contribution >= 0.6 is 0 Å². The zero-order valence-electron chi connectivity index (χ0n) is 8.63. The van der Waals surface area contributed by atoms with Crippen molar-refractivity contribution < 1.29 is 9.22 Å². The number of carbonyl (C=O) groups excluding carboxylic acids is 1. The van der Waals surface area contributed by atoms with Gasteiger partial charge < -0.3 is 4.43 Å². The van der Waals surface area contributed by atoms with Gasteiger partial charge in [0.05, 0.1) is 6.42 Å². The molecule has 0 fully saturated rings. The maximum absolute atomic E-state index is 11.0. The van der Waals surface area contributed by atoms with Crippen LogP contribution in [0.2, 0.25) is 11.1 Å². The van der Waals surface area contributed by atoms with E-state index in [2.05, 4.69) is 27.7 Å². The van der Waals surface area contributed by atoms with Crippen molar-refractivity contribution in [3.05, 3.63) is 6.42 Å². The van der Waals surface area contributed by atoms with Crippen LogP contribution in [0.3, 0.4) is 0 Å². The smallest absolute Gasteiger partial charge is 0.296 e. The highest BCUT2D eigenvalue weighted by atomic mass is 28.3. The standard InChI is InChI=1S/C9H19O2Si/c1-6-9(10)11-12(7(2)3)8(4)5/h6-8,12H,1-5H3. The molecule has 0 rings (SSSR count). The average molecular weight is 187 g/mol. The van der Waals surface area contributed by atoms with Crippen LogP contribution in [0.5, 0.6) is 0 Å². The van der Waals surface area contributed by atoms with E-state index in [1.54, 1.807) is 6.92 Å². The van der Waals surface area contributed by atoms with Crippen LogP contribution in [-0.4, -0.2) is 15.0 Å². The van der Waals surface area contributed by atoms with E-state index in [-0.39, 0.29) is 5.97 Å². The Labute approximate surface area is 77.0 Å². The summed E-state index contributed by atoms with van der Waals surface area (Å²) in [5.74, 6) is -0.158. The highest BCUT2D eigenvalue weighted by molar-refractivity contribution is 6.56. The van der Waals surface area contributed by atoms with Crippen LogP contribution in [0.25, 0.3) is 0 Å². The lowest BCUT2D eigenvalue weighted by atomic mass is 10.5. The maximum Gasteiger partial charge on any atom is 0.296 e. The highest BCUT2D eigenvalue weighted by Gasteiger charge is 2.23. The molecule has 0 aliphatic carbocycles. The Morgan fingerprint density at radius 2 is 1.67 bits per heavy atom. The number of carbonyl (C=O) groups is 1. The second-order valence-corrected chi connectivity index (χ2v) is 7.51. The van der Waals surface area contributed by atoms with E-state index in [0.717, 1.165) is 0 Å². The summed E-state index contributed by atoms with van der Waals surface area (Å²) in [6, 6.07) is 0. The molecule has 0 bridgehead atoms. The number of rotatable bonds is 4. The number of hydrogen-bond acceptors (Lipinski definition) is 2. The lowest BCUT2D eigenvalue weighted by molar-refractivity contribution is -0.131. The molecule has 0 amide bonds. The Hall–Kier alpha value is -0.313. The lowest BCUT2D eigenvalue weighted by Crippen LogP contribution is -2.28. The van der Waals surface area contributed by atoms with E-state index in [0.29, 0.717) is 11.1 Å². The third kappa shape index (κ3) is 3.90. The third-order valence-electron chi connectivity index (χ3n) is 1.80. The molecule has 1 radical (unpaired) electrons. The first-order valence-electron chi connectivity index (χ1n) is 4.49. The van der Waals surface area contributed by atoms with Crippen molar-refractivity contribution in [1.82, 2.24) is 0 Å². The largest absolute Gasteiger partial charge is 0.521 e. The fraction of sp³-hybridized carbons (Fsp3) is 0.778. The van der Waals surface area contributed by atoms with Crippen molar-refractivity contribution in [1.29, 1.82) is 0 Å². The fourth-order valence-corrected chi connectivity index (χ4v) is 3.73. The molecular weight excluding hydrogens is 168 g/mol. The predicted molar refractivity (Wildman–Crippen MR) is 53.4 cm³/mol. The zero-order valence-corrected chi connectivity index (χ0v) is 9.78. The topological polar surface area (TPSA) is 26.3 Å². The van der Waals surface area contributed by atoms with E-state index in [4.69, 9.17) is 4.43 Å². The second-order valence-electron chi connectivity index (χ2n) is 3.68. The molecule has 0 aromatic heterocycles. The van der Waals surface area contributed by atoms with Gasteiger partial charge in [-0.05, 0) is 11.1 Å². The Balaban J connectivity index is 4.05. The molecule has 0 N–H and O–H groups in total. The summed E-state index contributed by atoms with van der Waals surface area (Å²) in [4.78, 5) is 11.0. The van der Waals surface area contributed by atoms with Gasteiger partial charge in [-0.1, -0.05) is 34.6 Å². The van der Waals surface area contributed by atoms with Crippen LogP contribution in [0.1, 0.15) is 34.6 Å². The first kappa shape index (κ1) is 11.7. The average Bonchev–Trinajstić information content (AvgIpc) is 1.98. The first-order valence-corrected chi connectivity index (χ1v) is 6.29. The second kappa shape index (κ2) is 5.35. The van der Waals surface area contributed by atoms with E-state index in [1.807, 2.05) is 0 Å². The molecule has 2 nitrogen and oxygen atoms in total. The van der Waals surface area contributed by atoms with Crippen LogP contribution in [0.15, 0.2) is 0 Å². The SMILES string of the molecule is C[CH]C(=O)O[SiH](C(C)C)C(C)C. The van der Waals surface area contributed by atoms with Gasteiger partial charge in [-0.25, -0.2) is 0 Å². The lowest BCUT2D eigenvalue weighted by Gasteiger charge is -2.22. The van der Waals surface area contributed by atoms with Gasteiger partial charge in [0.1, 0.15) is 0 Å². The van der Waals surface area contributed by atoms with Gasteiger partial charge in [-0.15, -0.1) is 0 Å². The molecule has 0 aliphatic rings. The van der Waals surface area contributed by atoms with Crippen LogP contribution in [-0.2, 0) is 9.22 Å². The van der Waals surface area contributed by atoms with Crippen LogP contribution < -0.4 is 0 Å². The molecule has 0 saturated heterocycles. The van der Waals surface area contributed by atoms with Gasteiger partial charge in [0.2, 0.25) is 9.04 Å². The Morgan fingerprint density at radius 1 is 1.25 bits per heavy atom. The minimum absolute atomic E-state index is 0.158. The quantitative estimate of drug-likeness (QED) is 0.631. The van der Waals surface area contributed by atoms with Crippen LogP contribution in [0.4, 0.5) is 0 Å². The van der Waals surface area contributed by atoms with E-state index < -0.39 is 9.04 Å². The molecular formula is C9H19O2Si. The molecule has 0 aromatic carbocycles. The molecule has 0 unspecified atom stereocenters. The van der Waals surface area contributed by atoms with Crippen molar-refractivity contribution in [3.63, 3.8) is 0 Å². The summed E-state index contributed by atoms with van der Waals surface area (Å²) in [5, 5.41) is 0. The van der Waals surface area contributed by atoms with Gasteiger partial charge in [0, 0.05) is 0 Å². The summed E-state index contributed by atoms with van der Waals surface area (Å²) in [6.07, 6.45) is 1.49. The Morgan fingerprint density at radius 3 is 1.92 bits per heavy atom. The van der Waals surface area contributed by atoms with Gasteiger partial charge >= 0.3 is 0 Å². The maximum atomic E-state index is 11.0. The van der Waals surface area contributed by atoms with Crippen molar-refractivity contribution >= 4 is 15.0 Å². The third-order valence-corrected chi connectivity index (χ3v) is 4.93. The van der Waals surface area contributed by atoms with Crippen LogP contribution in [0, 0.1) is 6.42 Å². The molecule has 71 valence electrons. The summed E-state index contributed by atoms with van der Waals surface area (Å²) >= 11 is 0. The molecule has 0 aromatic rings. The monoisotopic (exact) mass is 187 g/mol. The van der Waals surface area contributed by atoms with Crippen molar-refractivity contribution in [2.75, 3.05) is 0 Å². The molecule has 0 spiro atoms. The van der Waals surface area contributed by atoms with E-state index >= 15 is 0 Å². The van der Waals surface area contributed by atoms with E-state index in [1.165, 1.54) is 6.42 Å². The van der Waals surface area contributed by atoms with Gasteiger partial charge in [-0.3, -0.25) is 4.79 Å². The summed E-state index contributed by atoms with van der Waals surface area (Å²) in [5.41, 5.74) is 1.04. The summed E-state index contributed by atoms with van der Waals surface area (Å²) in [6.45, 7) is 10.2. The Bertz CT molecular complexity index is 135. The molecule has 0 atom stereocenters. The van der Waals surface area contributed by atoms with Crippen molar-refractivity contribution in [2.45, 2.75) is 45.7 Å². The summed E-state index contributed by atoms with van der Waals surface area (Å²) in [7, 11) is -1.34. The van der Waals surface area contributed by atoms with Gasteiger partial charge in [0.15, 0.2) is 0 Å². The minimum atomic E-state index is -1.34. The molecule has 3 heteroatoms. The minimum Gasteiger partial charge on any atom is -0.521 e. The van der Waals surface area contributed by atoms with Gasteiger partial charge in [0.25, 0.3) is 5.97 Å². The Kier molecular flexibility index (Phi) is 5.21. The molecule has 0 saturated carbocycles. The molecule has 0 aliphatic heterocycles. The highest BCUT2D eigenvalue weighted by Crippen LogP contribution is 2.20. The van der Waals surface area contributed by atoms with Crippen molar-refractivity contribution in [2.24, 2.45) is 0 Å². The van der Waals surface area contributed by atoms with Gasteiger partial charge in [-0.2, -0.15) is 0 Å². The first-order chi connectivity index (χ1) is 5.49. The zero-order chi connectivity index (χ0) is 9.72. The fourth-order valence-electron chi connectivity index (χ4n) is 1.24. The summed E-state index contributed by atoms with van der Waals surface area (Å²) < 4.78 is 5.37. The normalized spacial score (nSPS) is 11.3. The van der Waals surface area contributed by atoms with E-state index in [9.17, 15) is 4.79 Å². The molecule has 12 heavy (non-hydrogen) atoms. The predicted octanol–water partition coefficient (Wildman–Crippen LogP) is 2.30. The molecule has 0 heterocycles. The van der Waals surface area contributed by atoms with Crippen molar-refractivity contribution in [3.8, 4) is 0 Å². The number of hydrogen-bond donors (Lipinski definition) is 0.